The highest BCUT2D eigenvalue weighted by Crippen LogP contribution is 2.06. The van der Waals surface area contributed by atoms with Crippen molar-refractivity contribution in [2.75, 3.05) is 6.54 Å². The van der Waals surface area contributed by atoms with Crippen LogP contribution in [-0.2, 0) is 13.0 Å². The lowest BCUT2D eigenvalue weighted by Crippen LogP contribution is -2.16. The maximum Gasteiger partial charge on any atom is 0.203 e. The van der Waals surface area contributed by atoms with Gasteiger partial charge in [-0.1, -0.05) is 30.3 Å². The fourth-order valence-corrected chi connectivity index (χ4v) is 1.62. The van der Waals surface area contributed by atoms with E-state index in [1.165, 1.54) is 5.56 Å². The lowest BCUT2D eigenvalue weighted by atomic mass is 10.1. The topological polar surface area (TPSA) is 49.0 Å². The first kappa shape index (κ1) is 11.4. The Morgan fingerprint density at radius 3 is 2.65 bits per heavy atom. The van der Waals surface area contributed by atoms with Crippen LogP contribution < -0.4 is 5.32 Å². The lowest BCUT2D eigenvalue weighted by Gasteiger charge is -2.02. The second-order valence-corrected chi connectivity index (χ2v) is 3.79. The van der Waals surface area contributed by atoms with E-state index in [0.29, 0.717) is 12.3 Å². The van der Waals surface area contributed by atoms with Crippen LogP contribution in [-0.4, -0.2) is 6.54 Å². The van der Waals surface area contributed by atoms with Crippen molar-refractivity contribution in [2.45, 2.75) is 13.0 Å². The van der Waals surface area contributed by atoms with E-state index in [-0.39, 0.29) is 0 Å². The van der Waals surface area contributed by atoms with Gasteiger partial charge in [-0.2, -0.15) is 5.26 Å². The van der Waals surface area contributed by atoms with E-state index in [1.807, 2.05) is 30.3 Å². The van der Waals surface area contributed by atoms with Crippen molar-refractivity contribution in [2.24, 2.45) is 0 Å². The third kappa shape index (κ3) is 3.47. The summed E-state index contributed by atoms with van der Waals surface area (Å²) in [6, 6.07) is 15.8. The second-order valence-electron chi connectivity index (χ2n) is 3.79. The number of nitriles is 1. The van der Waals surface area contributed by atoms with Crippen molar-refractivity contribution in [3.05, 3.63) is 59.5 Å². The van der Waals surface area contributed by atoms with Gasteiger partial charge in [0.1, 0.15) is 11.8 Å². The standard InChI is InChI=1S/C14H14N2O/c15-10-13-6-7-14(17-13)11-16-9-8-12-4-2-1-3-5-12/h1-7,16H,8-9,11H2. The molecule has 0 fully saturated rings. The van der Waals surface area contributed by atoms with Crippen molar-refractivity contribution >= 4 is 0 Å². The minimum absolute atomic E-state index is 0.366. The molecular weight excluding hydrogens is 212 g/mol. The Morgan fingerprint density at radius 1 is 1.12 bits per heavy atom. The largest absolute Gasteiger partial charge is 0.449 e. The van der Waals surface area contributed by atoms with Crippen LogP contribution in [0.2, 0.25) is 0 Å². The summed E-state index contributed by atoms with van der Waals surface area (Å²) in [4.78, 5) is 0. The smallest absolute Gasteiger partial charge is 0.203 e. The summed E-state index contributed by atoms with van der Waals surface area (Å²) in [5.41, 5.74) is 1.32. The molecule has 0 radical (unpaired) electrons. The summed E-state index contributed by atoms with van der Waals surface area (Å²) in [5.74, 6) is 1.17. The summed E-state index contributed by atoms with van der Waals surface area (Å²) in [6.07, 6.45) is 0.993. The summed E-state index contributed by atoms with van der Waals surface area (Å²) >= 11 is 0. The van der Waals surface area contributed by atoms with E-state index in [0.717, 1.165) is 18.7 Å². The van der Waals surface area contributed by atoms with Gasteiger partial charge in [0, 0.05) is 0 Å². The first-order valence-corrected chi connectivity index (χ1v) is 5.62. The maximum atomic E-state index is 8.61. The molecule has 17 heavy (non-hydrogen) atoms. The van der Waals surface area contributed by atoms with Gasteiger partial charge >= 0.3 is 0 Å². The van der Waals surface area contributed by atoms with Crippen LogP contribution >= 0.6 is 0 Å². The normalized spacial score (nSPS) is 10.1. The van der Waals surface area contributed by atoms with E-state index in [9.17, 15) is 0 Å². The molecule has 1 aromatic carbocycles. The highest BCUT2D eigenvalue weighted by Gasteiger charge is 1.99. The van der Waals surface area contributed by atoms with Gasteiger partial charge in [-0.25, -0.2) is 0 Å². The fraction of sp³-hybridized carbons (Fsp3) is 0.214. The average Bonchev–Trinajstić information content (AvgIpc) is 2.84. The Kier molecular flexibility index (Phi) is 3.95. The highest BCUT2D eigenvalue weighted by atomic mass is 16.3. The van der Waals surface area contributed by atoms with E-state index >= 15 is 0 Å². The van der Waals surface area contributed by atoms with Gasteiger partial charge in [-0.15, -0.1) is 0 Å². The maximum absolute atomic E-state index is 8.61. The third-order valence-electron chi connectivity index (χ3n) is 2.50. The van der Waals surface area contributed by atoms with Crippen molar-refractivity contribution in [3.8, 4) is 6.07 Å². The van der Waals surface area contributed by atoms with Crippen LogP contribution in [0.3, 0.4) is 0 Å². The Balaban J connectivity index is 1.72. The minimum atomic E-state index is 0.366. The van der Waals surface area contributed by atoms with Crippen LogP contribution in [0, 0.1) is 11.3 Å². The number of nitrogens with zero attached hydrogens (tertiary/aromatic N) is 1. The van der Waals surface area contributed by atoms with Crippen molar-refractivity contribution in [1.29, 1.82) is 5.26 Å². The molecule has 0 amide bonds. The van der Waals surface area contributed by atoms with E-state index < -0.39 is 0 Å². The predicted molar refractivity (Wildman–Crippen MR) is 65.3 cm³/mol. The van der Waals surface area contributed by atoms with E-state index in [4.69, 9.17) is 9.68 Å². The SMILES string of the molecule is N#Cc1ccc(CNCCc2ccccc2)o1. The molecule has 0 atom stereocenters. The fourth-order valence-electron chi connectivity index (χ4n) is 1.62. The highest BCUT2D eigenvalue weighted by molar-refractivity contribution is 5.19. The van der Waals surface area contributed by atoms with Crippen molar-refractivity contribution in [1.82, 2.24) is 5.32 Å². The molecule has 86 valence electrons. The molecule has 0 unspecified atom stereocenters. The van der Waals surface area contributed by atoms with Gasteiger partial charge in [0.15, 0.2) is 0 Å². The summed E-state index contributed by atoms with van der Waals surface area (Å²) in [5, 5.41) is 11.9. The summed E-state index contributed by atoms with van der Waals surface area (Å²) in [6.45, 7) is 1.56. The number of benzene rings is 1. The number of hydrogen-bond acceptors (Lipinski definition) is 3. The minimum Gasteiger partial charge on any atom is -0.449 e. The van der Waals surface area contributed by atoms with Crippen LogP contribution in [0.1, 0.15) is 17.1 Å². The molecule has 0 bridgehead atoms. The van der Waals surface area contributed by atoms with Gasteiger partial charge in [-0.05, 0) is 30.7 Å². The molecule has 0 spiro atoms. The van der Waals surface area contributed by atoms with Crippen LogP contribution in [0.15, 0.2) is 46.9 Å². The van der Waals surface area contributed by atoms with Gasteiger partial charge in [0.25, 0.3) is 0 Å². The van der Waals surface area contributed by atoms with Gasteiger partial charge < -0.3 is 9.73 Å². The molecule has 1 aromatic heterocycles. The molecule has 0 aliphatic carbocycles. The molecule has 0 aliphatic heterocycles. The zero-order valence-corrected chi connectivity index (χ0v) is 9.52. The third-order valence-corrected chi connectivity index (χ3v) is 2.50. The Morgan fingerprint density at radius 2 is 1.94 bits per heavy atom. The summed E-state index contributed by atoms with van der Waals surface area (Å²) in [7, 11) is 0. The molecule has 0 saturated heterocycles. The van der Waals surface area contributed by atoms with E-state index in [2.05, 4.69) is 17.4 Å². The quantitative estimate of drug-likeness (QED) is 0.797. The average molecular weight is 226 g/mol. The first-order valence-electron chi connectivity index (χ1n) is 5.62. The molecule has 1 heterocycles. The second kappa shape index (κ2) is 5.88. The molecule has 1 N–H and O–H groups in total. The number of rotatable bonds is 5. The molecule has 0 saturated carbocycles. The molecule has 2 aromatic rings. The Hall–Kier alpha value is -2.05. The van der Waals surface area contributed by atoms with Crippen LogP contribution in [0.25, 0.3) is 0 Å². The Labute approximate surface area is 101 Å². The monoisotopic (exact) mass is 226 g/mol. The zero-order chi connectivity index (χ0) is 11.9. The first-order chi connectivity index (χ1) is 8.38. The molecule has 2 rings (SSSR count). The molecule has 3 heteroatoms. The molecule has 0 aliphatic rings. The summed E-state index contributed by atoms with van der Waals surface area (Å²) < 4.78 is 5.26. The van der Waals surface area contributed by atoms with Crippen LogP contribution in [0.5, 0.6) is 0 Å². The number of furan rings is 1. The van der Waals surface area contributed by atoms with E-state index in [1.54, 1.807) is 6.07 Å². The van der Waals surface area contributed by atoms with Gasteiger partial charge in [0.05, 0.1) is 6.54 Å². The van der Waals surface area contributed by atoms with Crippen molar-refractivity contribution < 1.29 is 4.42 Å². The van der Waals surface area contributed by atoms with Gasteiger partial charge in [-0.3, -0.25) is 0 Å². The predicted octanol–water partition coefficient (Wildman–Crippen LogP) is 2.48. The number of nitrogens with one attached hydrogen (secondary N) is 1. The Bertz CT molecular complexity index is 496. The molecular formula is C14H14N2O. The lowest BCUT2D eigenvalue weighted by molar-refractivity contribution is 0.475. The molecule has 3 nitrogen and oxygen atoms in total. The number of hydrogen-bond donors (Lipinski definition) is 1. The van der Waals surface area contributed by atoms with Crippen molar-refractivity contribution in [3.63, 3.8) is 0 Å². The van der Waals surface area contributed by atoms with Gasteiger partial charge in [0.2, 0.25) is 5.76 Å². The van der Waals surface area contributed by atoms with Crippen LogP contribution in [0.4, 0.5) is 0 Å². The zero-order valence-electron chi connectivity index (χ0n) is 9.52.